The van der Waals surface area contributed by atoms with Crippen LogP contribution in [0.2, 0.25) is 0 Å². The highest BCUT2D eigenvalue weighted by atomic mass is 16.3. The second kappa shape index (κ2) is 9.84. The fraction of sp³-hybridized carbons (Fsp3) is 0.562. The van der Waals surface area contributed by atoms with Gasteiger partial charge in [-0.1, -0.05) is 76.8 Å². The molecule has 0 fully saturated rings. The SMILES string of the molecule is C.CCCCCCCC(O)C(=O)c1ccccc1. The summed E-state index contributed by atoms with van der Waals surface area (Å²) in [7, 11) is 0. The Hall–Kier alpha value is -1.15. The largest absolute Gasteiger partial charge is 0.385 e. The predicted molar refractivity (Wildman–Crippen MR) is 76.9 cm³/mol. The number of hydrogen-bond donors (Lipinski definition) is 1. The van der Waals surface area contributed by atoms with E-state index in [9.17, 15) is 9.90 Å². The van der Waals surface area contributed by atoms with E-state index in [-0.39, 0.29) is 13.2 Å². The molecule has 2 heteroatoms. The third-order valence-corrected chi connectivity index (χ3v) is 2.94. The maximum atomic E-state index is 11.8. The van der Waals surface area contributed by atoms with Gasteiger partial charge in [-0.15, -0.1) is 0 Å². The van der Waals surface area contributed by atoms with E-state index >= 15 is 0 Å². The molecule has 0 aliphatic heterocycles. The summed E-state index contributed by atoms with van der Waals surface area (Å²) in [6, 6.07) is 9.02. The average Bonchev–Trinajstić information content (AvgIpc) is 2.38. The van der Waals surface area contributed by atoms with Crippen molar-refractivity contribution in [1.29, 1.82) is 0 Å². The summed E-state index contributed by atoms with van der Waals surface area (Å²) in [6.45, 7) is 2.17. The van der Waals surface area contributed by atoms with Crippen LogP contribution in [0.15, 0.2) is 30.3 Å². The molecule has 0 heterocycles. The molecule has 1 aromatic rings. The van der Waals surface area contributed by atoms with Crippen LogP contribution in [0.3, 0.4) is 0 Å². The van der Waals surface area contributed by atoms with Crippen LogP contribution in [0.4, 0.5) is 0 Å². The van der Waals surface area contributed by atoms with Gasteiger partial charge in [0.15, 0.2) is 5.78 Å². The summed E-state index contributed by atoms with van der Waals surface area (Å²) in [4.78, 5) is 11.8. The fourth-order valence-electron chi connectivity index (χ4n) is 1.87. The van der Waals surface area contributed by atoms with Gasteiger partial charge in [0, 0.05) is 5.56 Å². The van der Waals surface area contributed by atoms with Crippen molar-refractivity contribution >= 4 is 5.78 Å². The van der Waals surface area contributed by atoms with Crippen LogP contribution in [0.5, 0.6) is 0 Å². The number of carbonyl (C=O) groups excluding carboxylic acids is 1. The number of ketones is 1. The molecule has 1 aromatic carbocycles. The molecule has 0 aliphatic rings. The quantitative estimate of drug-likeness (QED) is 0.554. The van der Waals surface area contributed by atoms with Crippen molar-refractivity contribution in [3.63, 3.8) is 0 Å². The van der Waals surface area contributed by atoms with Gasteiger partial charge in [-0.25, -0.2) is 0 Å². The van der Waals surface area contributed by atoms with E-state index in [1.54, 1.807) is 12.1 Å². The Labute approximate surface area is 111 Å². The van der Waals surface area contributed by atoms with Crippen molar-refractivity contribution in [2.45, 2.75) is 59.0 Å². The highest BCUT2D eigenvalue weighted by Gasteiger charge is 2.15. The Kier molecular flexibility index (Phi) is 9.21. The molecular formula is C16H26O2. The van der Waals surface area contributed by atoms with Gasteiger partial charge in [0.1, 0.15) is 6.10 Å². The molecule has 1 atom stereocenters. The normalized spacial score (nSPS) is 11.7. The molecule has 0 aromatic heterocycles. The Balaban J connectivity index is 0.00000289. The maximum Gasteiger partial charge on any atom is 0.191 e. The van der Waals surface area contributed by atoms with E-state index < -0.39 is 6.10 Å². The number of hydrogen-bond acceptors (Lipinski definition) is 2. The number of benzene rings is 1. The molecule has 0 bridgehead atoms. The van der Waals surface area contributed by atoms with Crippen molar-refractivity contribution in [3.05, 3.63) is 35.9 Å². The summed E-state index contributed by atoms with van der Waals surface area (Å²) >= 11 is 0. The number of Topliss-reactive ketones (excluding diaryl/α,β-unsaturated/α-hetero) is 1. The molecule has 102 valence electrons. The fourth-order valence-corrected chi connectivity index (χ4v) is 1.87. The standard InChI is InChI=1S/C15H22O2.CH4/c1-2-3-4-5-9-12-14(16)15(17)13-10-7-6-8-11-13;/h6-8,10-11,14,16H,2-5,9,12H2,1H3;1H4. The molecule has 1 unspecified atom stereocenters. The second-order valence-electron chi connectivity index (χ2n) is 4.45. The third kappa shape index (κ3) is 5.97. The predicted octanol–water partition coefficient (Wildman–Crippen LogP) is 4.23. The molecule has 1 rings (SSSR count). The summed E-state index contributed by atoms with van der Waals surface area (Å²) in [5, 5.41) is 9.78. The summed E-state index contributed by atoms with van der Waals surface area (Å²) < 4.78 is 0. The molecule has 18 heavy (non-hydrogen) atoms. The van der Waals surface area contributed by atoms with Crippen LogP contribution in [0.1, 0.15) is 63.2 Å². The summed E-state index contributed by atoms with van der Waals surface area (Å²) in [6.07, 6.45) is 5.43. The molecule has 0 aliphatic carbocycles. The number of unbranched alkanes of at least 4 members (excludes halogenated alkanes) is 4. The lowest BCUT2D eigenvalue weighted by Crippen LogP contribution is -2.20. The van der Waals surface area contributed by atoms with Crippen LogP contribution in [-0.4, -0.2) is 17.0 Å². The van der Waals surface area contributed by atoms with Gasteiger partial charge in [-0.2, -0.15) is 0 Å². The number of aliphatic hydroxyl groups excluding tert-OH is 1. The lowest BCUT2D eigenvalue weighted by atomic mass is 10.0. The summed E-state index contributed by atoms with van der Waals surface area (Å²) in [5.41, 5.74) is 0.605. The molecule has 1 N–H and O–H groups in total. The first-order valence-electron chi connectivity index (χ1n) is 6.53. The first-order chi connectivity index (χ1) is 8.25. The zero-order valence-corrected chi connectivity index (χ0v) is 10.6. The first-order valence-corrected chi connectivity index (χ1v) is 6.53. The molecular weight excluding hydrogens is 224 g/mol. The minimum Gasteiger partial charge on any atom is -0.385 e. The van der Waals surface area contributed by atoms with Crippen LogP contribution in [0, 0.1) is 0 Å². The van der Waals surface area contributed by atoms with Crippen molar-refractivity contribution in [3.8, 4) is 0 Å². The van der Waals surface area contributed by atoms with Gasteiger partial charge in [0.2, 0.25) is 0 Å². The molecule has 0 amide bonds. The summed E-state index contributed by atoms with van der Waals surface area (Å²) in [5.74, 6) is -0.152. The van der Waals surface area contributed by atoms with E-state index in [0.717, 1.165) is 12.8 Å². The Morgan fingerprint density at radius 3 is 2.33 bits per heavy atom. The number of carbonyl (C=O) groups is 1. The van der Waals surface area contributed by atoms with Gasteiger partial charge < -0.3 is 5.11 Å². The number of rotatable bonds is 8. The highest BCUT2D eigenvalue weighted by molar-refractivity contribution is 5.99. The van der Waals surface area contributed by atoms with Crippen LogP contribution >= 0.6 is 0 Å². The monoisotopic (exact) mass is 250 g/mol. The van der Waals surface area contributed by atoms with Gasteiger partial charge in [-0.05, 0) is 6.42 Å². The lowest BCUT2D eigenvalue weighted by molar-refractivity contribution is 0.0725. The lowest BCUT2D eigenvalue weighted by Gasteiger charge is -2.09. The minimum atomic E-state index is -0.834. The Bertz CT molecular complexity index is 319. The molecule has 0 radical (unpaired) electrons. The van der Waals surface area contributed by atoms with Gasteiger partial charge in [0.25, 0.3) is 0 Å². The highest BCUT2D eigenvalue weighted by Crippen LogP contribution is 2.11. The maximum absolute atomic E-state index is 11.8. The van der Waals surface area contributed by atoms with Crippen LogP contribution in [-0.2, 0) is 0 Å². The van der Waals surface area contributed by atoms with Crippen molar-refractivity contribution in [2.24, 2.45) is 0 Å². The Morgan fingerprint density at radius 1 is 1.11 bits per heavy atom. The molecule has 2 nitrogen and oxygen atoms in total. The third-order valence-electron chi connectivity index (χ3n) is 2.94. The van der Waals surface area contributed by atoms with Crippen molar-refractivity contribution < 1.29 is 9.90 Å². The Morgan fingerprint density at radius 2 is 1.72 bits per heavy atom. The average molecular weight is 250 g/mol. The van der Waals surface area contributed by atoms with Crippen LogP contribution in [0.25, 0.3) is 0 Å². The van der Waals surface area contributed by atoms with Crippen molar-refractivity contribution in [2.75, 3.05) is 0 Å². The topological polar surface area (TPSA) is 37.3 Å². The van der Waals surface area contributed by atoms with Gasteiger partial charge in [0.05, 0.1) is 0 Å². The minimum absolute atomic E-state index is 0. The van der Waals surface area contributed by atoms with Gasteiger partial charge >= 0.3 is 0 Å². The van der Waals surface area contributed by atoms with E-state index in [2.05, 4.69) is 6.92 Å². The van der Waals surface area contributed by atoms with Gasteiger partial charge in [-0.3, -0.25) is 4.79 Å². The zero-order valence-electron chi connectivity index (χ0n) is 10.6. The molecule has 0 saturated carbocycles. The number of aliphatic hydroxyl groups is 1. The van der Waals surface area contributed by atoms with E-state index in [1.807, 2.05) is 18.2 Å². The van der Waals surface area contributed by atoms with E-state index in [0.29, 0.717) is 12.0 Å². The smallest absolute Gasteiger partial charge is 0.191 e. The van der Waals surface area contributed by atoms with E-state index in [4.69, 9.17) is 0 Å². The first kappa shape index (κ1) is 16.9. The van der Waals surface area contributed by atoms with E-state index in [1.165, 1.54) is 19.3 Å². The van der Waals surface area contributed by atoms with Crippen molar-refractivity contribution in [1.82, 2.24) is 0 Å². The zero-order chi connectivity index (χ0) is 12.5. The second-order valence-corrected chi connectivity index (χ2v) is 4.45. The molecule has 0 spiro atoms. The van der Waals surface area contributed by atoms with Crippen LogP contribution < -0.4 is 0 Å². The molecule has 0 saturated heterocycles.